The van der Waals surface area contributed by atoms with Crippen molar-refractivity contribution in [1.82, 2.24) is 9.78 Å². The zero-order chi connectivity index (χ0) is 14.6. The first-order valence-corrected chi connectivity index (χ1v) is 7.02. The van der Waals surface area contributed by atoms with Crippen molar-refractivity contribution in [2.75, 3.05) is 13.2 Å². The number of ether oxygens (including phenoxy) is 2. The van der Waals surface area contributed by atoms with Gasteiger partial charge in [-0.15, -0.1) is 0 Å². The maximum absolute atomic E-state index is 12.2. The number of carbonyl (C=O) groups excluding carboxylic acids is 2. The van der Waals surface area contributed by atoms with Crippen LogP contribution in [0, 0.1) is 10.6 Å². The lowest BCUT2D eigenvalue weighted by Crippen LogP contribution is -2.49. The highest BCUT2D eigenvalue weighted by Crippen LogP contribution is 2.24. The van der Waals surface area contributed by atoms with E-state index in [1.165, 1.54) is 11.6 Å². The number of carbonyl (C=O) groups is 2. The maximum Gasteiger partial charge on any atom is 0.345 e. The van der Waals surface area contributed by atoms with E-state index in [4.69, 9.17) is 9.47 Å². The summed E-state index contributed by atoms with van der Waals surface area (Å²) in [5, 5.41) is 4.10. The lowest BCUT2D eigenvalue weighted by atomic mass is 10.0. The fourth-order valence-corrected chi connectivity index (χ4v) is 2.27. The van der Waals surface area contributed by atoms with Crippen molar-refractivity contribution in [2.45, 2.75) is 33.2 Å². The summed E-state index contributed by atoms with van der Waals surface area (Å²) in [4.78, 5) is 24.3. The molecule has 7 heteroatoms. The molecule has 106 valence electrons. The molecule has 1 aromatic rings. The minimum atomic E-state index is -1.60. The first kappa shape index (κ1) is 15.9. The summed E-state index contributed by atoms with van der Waals surface area (Å²) in [6.07, 6.45) is 1.60. The van der Waals surface area contributed by atoms with Gasteiger partial charge in [0.05, 0.1) is 19.4 Å². The molecular formula is C12H17IN2O4. The van der Waals surface area contributed by atoms with Crippen LogP contribution in [0.1, 0.15) is 26.3 Å². The molecule has 0 bridgehead atoms. The molecule has 1 heterocycles. The van der Waals surface area contributed by atoms with Crippen LogP contribution in [-0.4, -0.2) is 34.9 Å². The Balaban J connectivity index is 3.30. The molecule has 0 amide bonds. The van der Waals surface area contributed by atoms with Gasteiger partial charge in [0.15, 0.2) is 0 Å². The van der Waals surface area contributed by atoms with Gasteiger partial charge in [-0.3, -0.25) is 0 Å². The van der Waals surface area contributed by atoms with Gasteiger partial charge in [0, 0.05) is 5.56 Å². The standard InChI is InChI=1S/C12H17IN2O4/c1-5-18-10(16)12(4,11(17)19-6-2)15-9(13)8(3)7-14-15/h7H,5-6H2,1-4H3. The summed E-state index contributed by atoms with van der Waals surface area (Å²) in [5.41, 5.74) is -0.725. The summed E-state index contributed by atoms with van der Waals surface area (Å²) in [7, 11) is 0. The molecule has 0 aromatic carbocycles. The summed E-state index contributed by atoms with van der Waals surface area (Å²) in [6.45, 7) is 7.04. The summed E-state index contributed by atoms with van der Waals surface area (Å²) in [6, 6.07) is 0. The average molecular weight is 380 g/mol. The van der Waals surface area contributed by atoms with Crippen molar-refractivity contribution >= 4 is 34.5 Å². The van der Waals surface area contributed by atoms with Crippen LogP contribution in [0.2, 0.25) is 0 Å². The molecule has 6 nitrogen and oxygen atoms in total. The zero-order valence-corrected chi connectivity index (χ0v) is 13.6. The quantitative estimate of drug-likeness (QED) is 0.441. The van der Waals surface area contributed by atoms with Crippen LogP contribution in [0.25, 0.3) is 0 Å². The van der Waals surface area contributed by atoms with E-state index >= 15 is 0 Å². The monoisotopic (exact) mass is 380 g/mol. The summed E-state index contributed by atoms with van der Waals surface area (Å²) < 4.78 is 12.0. The van der Waals surface area contributed by atoms with Crippen LogP contribution < -0.4 is 0 Å². The van der Waals surface area contributed by atoms with Gasteiger partial charge in [-0.1, -0.05) is 0 Å². The predicted molar refractivity (Wildman–Crippen MR) is 76.6 cm³/mol. The van der Waals surface area contributed by atoms with E-state index in [1.54, 1.807) is 20.0 Å². The first-order chi connectivity index (χ1) is 8.89. The molecule has 1 aromatic heterocycles. The van der Waals surface area contributed by atoms with E-state index in [-0.39, 0.29) is 13.2 Å². The molecule has 0 atom stereocenters. The maximum atomic E-state index is 12.2. The average Bonchev–Trinajstić information content (AvgIpc) is 2.70. The Hall–Kier alpha value is -1.12. The Morgan fingerprint density at radius 2 is 1.79 bits per heavy atom. The highest BCUT2D eigenvalue weighted by Gasteiger charge is 2.48. The molecule has 19 heavy (non-hydrogen) atoms. The van der Waals surface area contributed by atoms with Gasteiger partial charge in [0.1, 0.15) is 3.70 Å². The van der Waals surface area contributed by atoms with Crippen molar-refractivity contribution in [3.05, 3.63) is 15.5 Å². The van der Waals surface area contributed by atoms with Crippen LogP contribution in [-0.2, 0) is 24.6 Å². The number of hydrogen-bond acceptors (Lipinski definition) is 5. The number of nitrogens with zero attached hydrogens (tertiary/aromatic N) is 2. The summed E-state index contributed by atoms with van der Waals surface area (Å²) in [5.74, 6) is -1.34. The molecular weight excluding hydrogens is 363 g/mol. The number of esters is 2. The second kappa shape index (κ2) is 6.36. The highest BCUT2D eigenvalue weighted by atomic mass is 127. The molecule has 1 rings (SSSR count). The van der Waals surface area contributed by atoms with Gasteiger partial charge in [-0.2, -0.15) is 5.10 Å². The number of aryl methyl sites for hydroxylation is 1. The topological polar surface area (TPSA) is 70.4 Å². The lowest BCUT2D eigenvalue weighted by Gasteiger charge is -2.26. The molecule has 0 saturated heterocycles. The van der Waals surface area contributed by atoms with Crippen molar-refractivity contribution < 1.29 is 19.1 Å². The van der Waals surface area contributed by atoms with Crippen LogP contribution >= 0.6 is 22.6 Å². The minimum Gasteiger partial charge on any atom is -0.464 e. The molecule has 0 saturated carbocycles. The number of aromatic nitrogens is 2. The van der Waals surface area contributed by atoms with E-state index in [1.807, 2.05) is 29.5 Å². The normalized spacial score (nSPS) is 11.2. The molecule has 0 aliphatic carbocycles. The SMILES string of the molecule is CCOC(=O)C(C)(C(=O)OCC)n1ncc(C)c1I. The van der Waals surface area contributed by atoms with E-state index < -0.39 is 17.5 Å². The number of hydrogen-bond donors (Lipinski definition) is 0. The van der Waals surface area contributed by atoms with Gasteiger partial charge in [0.25, 0.3) is 5.54 Å². The largest absolute Gasteiger partial charge is 0.464 e. The van der Waals surface area contributed by atoms with Gasteiger partial charge < -0.3 is 9.47 Å². The Bertz CT molecular complexity index is 466. The fourth-order valence-electron chi connectivity index (χ4n) is 1.53. The Kier molecular flexibility index (Phi) is 5.33. The molecule has 0 fully saturated rings. The lowest BCUT2D eigenvalue weighted by molar-refractivity contribution is -0.169. The second-order valence-corrected chi connectivity index (χ2v) is 5.07. The molecule has 0 spiro atoms. The Labute approximate surface area is 125 Å². The Morgan fingerprint density at radius 1 is 1.32 bits per heavy atom. The second-order valence-electron chi connectivity index (χ2n) is 4.04. The molecule has 0 N–H and O–H groups in total. The smallest absolute Gasteiger partial charge is 0.345 e. The van der Waals surface area contributed by atoms with E-state index in [2.05, 4.69) is 5.10 Å². The number of halogens is 1. The van der Waals surface area contributed by atoms with Crippen molar-refractivity contribution in [1.29, 1.82) is 0 Å². The third-order valence-corrected chi connectivity index (χ3v) is 3.96. The van der Waals surface area contributed by atoms with Crippen LogP contribution in [0.3, 0.4) is 0 Å². The molecule has 0 aliphatic heterocycles. The number of rotatable bonds is 5. The predicted octanol–water partition coefficient (Wildman–Crippen LogP) is 1.64. The third-order valence-electron chi connectivity index (χ3n) is 2.65. The van der Waals surface area contributed by atoms with E-state index in [9.17, 15) is 9.59 Å². The molecule has 0 aliphatic rings. The Morgan fingerprint density at radius 3 is 2.11 bits per heavy atom. The minimum absolute atomic E-state index is 0.185. The van der Waals surface area contributed by atoms with Gasteiger partial charge in [-0.05, 0) is 50.3 Å². The zero-order valence-electron chi connectivity index (χ0n) is 11.4. The van der Waals surface area contributed by atoms with Crippen molar-refractivity contribution in [2.24, 2.45) is 0 Å². The van der Waals surface area contributed by atoms with E-state index in [0.717, 1.165) is 5.56 Å². The van der Waals surface area contributed by atoms with Crippen molar-refractivity contribution in [3.8, 4) is 0 Å². The van der Waals surface area contributed by atoms with Crippen LogP contribution in [0.4, 0.5) is 0 Å². The van der Waals surface area contributed by atoms with Gasteiger partial charge in [-0.25, -0.2) is 14.3 Å². The van der Waals surface area contributed by atoms with Gasteiger partial charge >= 0.3 is 11.9 Å². The molecule has 0 unspecified atom stereocenters. The first-order valence-electron chi connectivity index (χ1n) is 5.94. The third kappa shape index (κ3) is 2.90. The van der Waals surface area contributed by atoms with E-state index in [0.29, 0.717) is 3.70 Å². The summed E-state index contributed by atoms with van der Waals surface area (Å²) >= 11 is 2.03. The van der Waals surface area contributed by atoms with Crippen LogP contribution in [0.15, 0.2) is 6.20 Å². The highest BCUT2D eigenvalue weighted by molar-refractivity contribution is 14.1. The van der Waals surface area contributed by atoms with Gasteiger partial charge in [0.2, 0.25) is 0 Å². The fraction of sp³-hybridized carbons (Fsp3) is 0.583. The van der Waals surface area contributed by atoms with Crippen LogP contribution in [0.5, 0.6) is 0 Å². The van der Waals surface area contributed by atoms with Crippen molar-refractivity contribution in [3.63, 3.8) is 0 Å². The molecule has 0 radical (unpaired) electrons.